The van der Waals surface area contributed by atoms with Gasteiger partial charge in [0.15, 0.2) is 11.1 Å². The molecular formula is C40H51Br3Cl2F2N4O10. The Morgan fingerprint density at radius 3 is 1.57 bits per heavy atom. The van der Waals surface area contributed by atoms with Crippen LogP contribution in [0.5, 0.6) is 0 Å². The Hall–Kier alpha value is -3.10. The van der Waals surface area contributed by atoms with E-state index < -0.39 is 63.9 Å². The molecule has 2 aromatic carbocycles. The molecule has 2 heterocycles. The Kier molecular flexibility index (Phi) is 20.9. The van der Waals surface area contributed by atoms with Crippen LogP contribution in [0.2, 0.25) is 10.0 Å². The Morgan fingerprint density at radius 2 is 1.16 bits per heavy atom. The molecule has 1 N–H and O–H groups in total. The standard InChI is InChI=1S/C20H25BrClFN2O5.C18H24ClFN2O4.C2H2Br2O/c1-5-29-17(27)20(11-24(12-20)18(28)30-19(2,3)4)25(16(26)9-21)10-13-6-7-14(22)15(23)8-13;1-5-25-15(23)18(10-22(11-18)16(24)26-17(2,3)4)21-9-12-6-7-13(19)14(20)8-12;3-1-2(4)5/h6-8H,5,9-12H2,1-4H3;6-8,21H,5,9-11H2,1-4H3;1H2. The third-order valence-corrected chi connectivity index (χ3v) is 11.1. The summed E-state index contributed by atoms with van der Waals surface area (Å²) in [4.78, 5) is 76.3. The lowest BCUT2D eigenvalue weighted by molar-refractivity contribution is -0.176. The summed E-state index contributed by atoms with van der Waals surface area (Å²) >= 11 is 20.2. The number of ether oxygens (including phenoxy) is 4. The smallest absolute Gasteiger partial charge is 0.410 e. The molecule has 21 heteroatoms. The molecule has 0 aliphatic carbocycles. The van der Waals surface area contributed by atoms with Gasteiger partial charge < -0.3 is 33.6 Å². The number of likely N-dealkylation sites (tertiary alicyclic amines) is 2. The van der Waals surface area contributed by atoms with Gasteiger partial charge in [0.25, 0.3) is 0 Å². The van der Waals surface area contributed by atoms with Crippen molar-refractivity contribution in [2.75, 3.05) is 50.1 Å². The highest BCUT2D eigenvalue weighted by molar-refractivity contribution is 9.19. The molecule has 4 rings (SSSR count). The summed E-state index contributed by atoms with van der Waals surface area (Å²) in [6.45, 7) is 14.5. The Labute approximate surface area is 389 Å². The van der Waals surface area contributed by atoms with Gasteiger partial charge in [0.1, 0.15) is 22.8 Å². The van der Waals surface area contributed by atoms with E-state index in [9.17, 15) is 37.5 Å². The van der Waals surface area contributed by atoms with Gasteiger partial charge in [-0.05, 0) is 107 Å². The Balaban J connectivity index is 0.000000381. The van der Waals surface area contributed by atoms with Crippen molar-refractivity contribution in [2.24, 2.45) is 0 Å². The molecule has 0 unspecified atom stereocenters. The number of hydrogen-bond acceptors (Lipinski definition) is 11. The minimum absolute atomic E-state index is 0.0162. The second-order valence-corrected chi connectivity index (χ2v) is 18.5. The minimum atomic E-state index is -1.39. The van der Waals surface area contributed by atoms with Crippen LogP contribution in [0, 0.1) is 11.6 Å². The number of benzene rings is 2. The summed E-state index contributed by atoms with van der Waals surface area (Å²) in [6, 6.07) is 8.59. The van der Waals surface area contributed by atoms with Crippen LogP contribution in [0.3, 0.4) is 0 Å². The number of esters is 2. The third-order valence-electron chi connectivity index (χ3n) is 8.43. The van der Waals surface area contributed by atoms with Crippen LogP contribution in [-0.2, 0) is 51.2 Å². The molecule has 2 saturated heterocycles. The SMILES string of the molecule is CCOC(=O)C1(N(Cc2ccc(Cl)c(F)c2)C(=O)CBr)CN(C(=O)OC(C)(C)C)C1.CCOC(=O)C1(NCc2ccc(Cl)c(F)c2)CN(C(=O)OC(C)(C)C)C1.O=C(Br)CBr. The molecule has 2 aliphatic rings. The molecule has 0 atom stereocenters. The molecule has 0 radical (unpaired) electrons. The lowest BCUT2D eigenvalue weighted by atomic mass is 9.87. The molecule has 14 nitrogen and oxygen atoms in total. The van der Waals surface area contributed by atoms with Crippen molar-refractivity contribution < 1.29 is 56.5 Å². The maximum atomic E-state index is 13.9. The third kappa shape index (κ3) is 16.2. The average Bonchev–Trinajstić information content (AvgIpc) is 3.12. The topological polar surface area (TPSA) is 161 Å². The van der Waals surface area contributed by atoms with Crippen LogP contribution >= 0.6 is 71.0 Å². The molecule has 0 saturated carbocycles. The van der Waals surface area contributed by atoms with Crippen LogP contribution in [-0.4, -0.2) is 122 Å². The molecule has 0 bridgehead atoms. The number of halogens is 7. The molecule has 3 amide bonds. The van der Waals surface area contributed by atoms with Gasteiger partial charge in [-0.1, -0.05) is 67.2 Å². The van der Waals surface area contributed by atoms with Crippen LogP contribution < -0.4 is 5.32 Å². The number of alkyl halides is 2. The highest BCUT2D eigenvalue weighted by Crippen LogP contribution is 2.34. The second-order valence-electron chi connectivity index (χ2n) is 15.7. The first kappa shape index (κ1) is 54.0. The molecule has 0 aromatic heterocycles. The maximum absolute atomic E-state index is 13.9. The van der Waals surface area contributed by atoms with E-state index in [1.54, 1.807) is 67.5 Å². The fourth-order valence-electron chi connectivity index (χ4n) is 5.65. The number of carbonyl (C=O) groups is 6. The first-order valence-corrected chi connectivity index (χ1v) is 22.6. The van der Waals surface area contributed by atoms with Gasteiger partial charge in [-0.15, -0.1) is 0 Å². The van der Waals surface area contributed by atoms with Crippen LogP contribution in [0.25, 0.3) is 0 Å². The van der Waals surface area contributed by atoms with Crippen molar-refractivity contribution in [3.63, 3.8) is 0 Å². The summed E-state index contributed by atoms with van der Waals surface area (Å²) in [5.41, 5.74) is -2.67. The Morgan fingerprint density at radius 1 is 0.738 bits per heavy atom. The van der Waals surface area contributed by atoms with Gasteiger partial charge in [-0.25, -0.2) is 28.0 Å². The zero-order valence-electron chi connectivity index (χ0n) is 35.1. The van der Waals surface area contributed by atoms with Crippen molar-refractivity contribution >= 4 is 106 Å². The highest BCUT2D eigenvalue weighted by Gasteiger charge is 2.58. The summed E-state index contributed by atoms with van der Waals surface area (Å²) in [7, 11) is 0. The number of nitrogens with one attached hydrogen (secondary N) is 1. The van der Waals surface area contributed by atoms with E-state index >= 15 is 0 Å². The quantitative estimate of drug-likeness (QED) is 0.0945. The summed E-state index contributed by atoms with van der Waals surface area (Å²) in [5.74, 6) is -2.64. The lowest BCUT2D eigenvalue weighted by Crippen LogP contribution is -2.76. The summed E-state index contributed by atoms with van der Waals surface area (Å²) in [6.07, 6.45) is -1.08. The fourth-order valence-corrected chi connectivity index (χ4v) is 6.19. The van der Waals surface area contributed by atoms with E-state index in [-0.39, 0.29) is 72.6 Å². The first-order chi connectivity index (χ1) is 28.3. The van der Waals surface area contributed by atoms with Crippen LogP contribution in [0.15, 0.2) is 36.4 Å². The summed E-state index contributed by atoms with van der Waals surface area (Å²) in [5, 5.41) is 3.42. The second kappa shape index (κ2) is 23.5. The fraction of sp³-hybridized carbons (Fsp3) is 0.550. The van der Waals surface area contributed by atoms with E-state index in [1.165, 1.54) is 39.0 Å². The van der Waals surface area contributed by atoms with E-state index in [4.69, 9.17) is 42.1 Å². The molecule has 2 fully saturated rings. The average molecular weight is 1100 g/mol. The van der Waals surface area contributed by atoms with E-state index in [1.807, 2.05) is 0 Å². The molecule has 61 heavy (non-hydrogen) atoms. The normalized spacial score (nSPS) is 14.9. The molecule has 340 valence electrons. The van der Waals surface area contributed by atoms with Crippen LogP contribution in [0.1, 0.15) is 66.5 Å². The molecular weight excluding hydrogens is 1050 g/mol. The number of rotatable bonds is 12. The predicted molar refractivity (Wildman–Crippen MR) is 236 cm³/mol. The predicted octanol–water partition coefficient (Wildman–Crippen LogP) is 8.18. The molecule has 2 aliphatic heterocycles. The van der Waals surface area contributed by atoms with Gasteiger partial charge in [-0.3, -0.25) is 14.9 Å². The largest absolute Gasteiger partial charge is 0.465 e. The van der Waals surface area contributed by atoms with Crippen molar-refractivity contribution in [2.45, 2.75) is 90.8 Å². The number of carbonyl (C=O) groups excluding carboxylic acids is 6. The number of amides is 3. The number of nitrogens with zero attached hydrogens (tertiary/aromatic N) is 3. The van der Waals surface area contributed by atoms with E-state index in [2.05, 4.69) is 53.1 Å². The highest BCUT2D eigenvalue weighted by atomic mass is 79.9. The maximum Gasteiger partial charge on any atom is 0.410 e. The number of hydrogen-bond donors (Lipinski definition) is 1. The van der Waals surface area contributed by atoms with E-state index in [0.717, 1.165) is 0 Å². The Bertz CT molecular complexity index is 1890. The van der Waals surface area contributed by atoms with E-state index in [0.29, 0.717) is 16.5 Å². The molecule has 0 spiro atoms. The van der Waals surface area contributed by atoms with Crippen molar-refractivity contribution in [3.05, 3.63) is 69.2 Å². The zero-order valence-corrected chi connectivity index (χ0v) is 41.4. The van der Waals surface area contributed by atoms with Gasteiger partial charge in [-0.2, -0.15) is 0 Å². The van der Waals surface area contributed by atoms with Gasteiger partial charge >= 0.3 is 24.1 Å². The van der Waals surface area contributed by atoms with Crippen molar-refractivity contribution in [1.29, 1.82) is 0 Å². The zero-order chi connectivity index (χ0) is 46.5. The summed E-state index contributed by atoms with van der Waals surface area (Å²) < 4.78 is 48.5. The minimum Gasteiger partial charge on any atom is -0.465 e. The first-order valence-electron chi connectivity index (χ1n) is 18.8. The van der Waals surface area contributed by atoms with Crippen LogP contribution in [0.4, 0.5) is 18.4 Å². The van der Waals surface area contributed by atoms with Crippen molar-refractivity contribution in [3.8, 4) is 0 Å². The molecule has 2 aromatic rings. The lowest BCUT2D eigenvalue weighted by Gasteiger charge is -2.53. The van der Waals surface area contributed by atoms with Gasteiger partial charge in [0.2, 0.25) is 10.6 Å². The van der Waals surface area contributed by atoms with Gasteiger partial charge in [0.05, 0.1) is 60.1 Å². The van der Waals surface area contributed by atoms with Crippen molar-refractivity contribution in [1.82, 2.24) is 20.0 Å². The monoisotopic (exact) mass is 1090 g/mol. The van der Waals surface area contributed by atoms with Gasteiger partial charge in [0, 0.05) is 13.1 Å².